The Kier molecular flexibility index (Phi) is 2.26. The van der Waals surface area contributed by atoms with Gasteiger partial charge in [-0.15, -0.1) is 0 Å². The van der Waals surface area contributed by atoms with Crippen molar-refractivity contribution < 1.29 is 0 Å². The minimum atomic E-state index is 0.604. The molecule has 4 nitrogen and oxygen atoms in total. The lowest BCUT2D eigenvalue weighted by Crippen LogP contribution is -1.98. The molecule has 0 unspecified atom stereocenters. The first-order valence-electron chi connectivity index (χ1n) is 5.24. The molecule has 1 aromatic carbocycles. The molecule has 3 rings (SSSR count). The van der Waals surface area contributed by atoms with Crippen LogP contribution in [0.15, 0.2) is 36.7 Å². The molecule has 0 aliphatic heterocycles. The van der Waals surface area contributed by atoms with Gasteiger partial charge in [0, 0.05) is 23.2 Å². The largest absolute Gasteiger partial charge is 0.272 e. The average molecular weight is 242 g/mol. The third-order valence-electron chi connectivity index (χ3n) is 2.74. The second kappa shape index (κ2) is 3.78. The van der Waals surface area contributed by atoms with Crippen LogP contribution in [0.25, 0.3) is 16.5 Å². The van der Waals surface area contributed by atoms with Crippen LogP contribution in [0.2, 0.25) is 0 Å². The molecule has 84 valence electrons. The van der Waals surface area contributed by atoms with Gasteiger partial charge < -0.3 is 0 Å². The van der Waals surface area contributed by atoms with Crippen molar-refractivity contribution in [1.29, 1.82) is 0 Å². The Morgan fingerprint density at radius 1 is 1.29 bits per heavy atom. The number of H-pyrrole nitrogens is 1. The van der Waals surface area contributed by atoms with Crippen LogP contribution in [0.1, 0.15) is 5.82 Å². The van der Waals surface area contributed by atoms with Crippen molar-refractivity contribution in [3.05, 3.63) is 47.3 Å². The third-order valence-corrected chi connectivity index (χ3v) is 3.01. The van der Waals surface area contributed by atoms with Crippen LogP contribution in [0.4, 0.5) is 0 Å². The van der Waals surface area contributed by atoms with E-state index < -0.39 is 0 Å². The van der Waals surface area contributed by atoms with Crippen LogP contribution in [0.3, 0.4) is 0 Å². The summed E-state index contributed by atoms with van der Waals surface area (Å²) in [5.74, 6) is 0.847. The maximum atomic E-state index is 5.25. The number of rotatable bonds is 1. The Morgan fingerprint density at radius 3 is 2.94 bits per heavy atom. The highest BCUT2D eigenvalue weighted by Gasteiger charge is 2.07. The number of hydrogen-bond donors (Lipinski definition) is 1. The molecule has 0 saturated carbocycles. The minimum Gasteiger partial charge on any atom is -0.272 e. The number of aromatic amines is 1. The van der Waals surface area contributed by atoms with Gasteiger partial charge >= 0.3 is 0 Å². The standard InChI is InChI=1S/C12H10N4S/c1-8-14-15-12(17)16(8)11-4-2-3-9-7-13-6-5-10(9)11/h2-7H,1H3,(H,15,17). The van der Waals surface area contributed by atoms with Gasteiger partial charge in [0.15, 0.2) is 4.77 Å². The molecule has 0 atom stereocenters. The molecule has 0 bridgehead atoms. The number of aryl methyl sites for hydroxylation is 1. The lowest BCUT2D eigenvalue weighted by atomic mass is 10.1. The van der Waals surface area contributed by atoms with E-state index in [0.29, 0.717) is 4.77 Å². The molecule has 2 heterocycles. The number of nitrogens with zero attached hydrogens (tertiary/aromatic N) is 3. The highest BCUT2D eigenvalue weighted by Crippen LogP contribution is 2.22. The molecule has 0 aliphatic rings. The molecule has 3 aromatic rings. The molecule has 0 spiro atoms. The second-order valence-corrected chi connectivity index (χ2v) is 4.17. The van der Waals surface area contributed by atoms with Crippen molar-refractivity contribution in [2.45, 2.75) is 6.92 Å². The number of fused-ring (bicyclic) bond motifs is 1. The van der Waals surface area contributed by atoms with Gasteiger partial charge in [-0.3, -0.25) is 14.6 Å². The molecule has 1 N–H and O–H groups in total. The molecule has 0 amide bonds. The monoisotopic (exact) mass is 242 g/mol. The van der Waals surface area contributed by atoms with Gasteiger partial charge in [-0.25, -0.2) is 0 Å². The zero-order valence-electron chi connectivity index (χ0n) is 9.21. The van der Waals surface area contributed by atoms with Crippen molar-refractivity contribution in [3.63, 3.8) is 0 Å². The SMILES string of the molecule is Cc1n[nH]c(=S)n1-c1cccc2cnccc12. The first kappa shape index (κ1) is 10.2. The molecule has 2 aromatic heterocycles. The van der Waals surface area contributed by atoms with Crippen molar-refractivity contribution in [1.82, 2.24) is 19.7 Å². The second-order valence-electron chi connectivity index (χ2n) is 3.79. The smallest absolute Gasteiger partial charge is 0.199 e. The van der Waals surface area contributed by atoms with E-state index in [4.69, 9.17) is 12.2 Å². The first-order chi connectivity index (χ1) is 8.27. The highest BCUT2D eigenvalue weighted by molar-refractivity contribution is 7.71. The summed E-state index contributed by atoms with van der Waals surface area (Å²) in [5, 5.41) is 9.13. The summed E-state index contributed by atoms with van der Waals surface area (Å²) in [4.78, 5) is 4.12. The van der Waals surface area contributed by atoms with Gasteiger partial charge in [0.25, 0.3) is 0 Å². The summed E-state index contributed by atoms with van der Waals surface area (Å²) in [7, 11) is 0. The fraction of sp³-hybridized carbons (Fsp3) is 0.0833. The van der Waals surface area contributed by atoms with Crippen LogP contribution in [0.5, 0.6) is 0 Å². The van der Waals surface area contributed by atoms with Crippen molar-refractivity contribution in [2.24, 2.45) is 0 Å². The molecular formula is C12H10N4S. The summed E-state index contributed by atoms with van der Waals surface area (Å²) >= 11 is 5.25. The predicted octanol–water partition coefficient (Wildman–Crippen LogP) is 2.79. The van der Waals surface area contributed by atoms with Gasteiger partial charge in [-0.1, -0.05) is 12.1 Å². The molecule has 5 heteroatoms. The minimum absolute atomic E-state index is 0.604. The maximum absolute atomic E-state index is 5.25. The van der Waals surface area contributed by atoms with Gasteiger partial charge in [0.05, 0.1) is 5.69 Å². The fourth-order valence-electron chi connectivity index (χ4n) is 1.96. The summed E-state index contributed by atoms with van der Waals surface area (Å²) < 4.78 is 2.53. The molecule has 0 aliphatic carbocycles. The number of aromatic nitrogens is 4. The average Bonchev–Trinajstić information content (AvgIpc) is 2.69. The van der Waals surface area contributed by atoms with Crippen LogP contribution in [0, 0.1) is 11.7 Å². The Morgan fingerprint density at radius 2 is 2.18 bits per heavy atom. The van der Waals surface area contributed by atoms with Crippen LogP contribution in [-0.4, -0.2) is 19.7 Å². The lowest BCUT2D eigenvalue weighted by Gasteiger charge is -2.07. The van der Waals surface area contributed by atoms with Gasteiger partial charge in [-0.05, 0) is 31.3 Å². The van der Waals surface area contributed by atoms with E-state index in [1.807, 2.05) is 42.0 Å². The number of benzene rings is 1. The van der Waals surface area contributed by atoms with Crippen molar-refractivity contribution in [2.75, 3.05) is 0 Å². The van der Waals surface area contributed by atoms with E-state index >= 15 is 0 Å². The highest BCUT2D eigenvalue weighted by atomic mass is 32.1. The maximum Gasteiger partial charge on any atom is 0.199 e. The normalized spacial score (nSPS) is 10.9. The Labute approximate surface area is 103 Å². The number of nitrogens with one attached hydrogen (secondary N) is 1. The van der Waals surface area contributed by atoms with Crippen molar-refractivity contribution >= 4 is 23.0 Å². The molecule has 0 fully saturated rings. The van der Waals surface area contributed by atoms with Crippen LogP contribution in [-0.2, 0) is 0 Å². The Balaban J connectivity index is 2.43. The summed E-state index contributed by atoms with van der Waals surface area (Å²) in [5.41, 5.74) is 1.03. The zero-order valence-corrected chi connectivity index (χ0v) is 10.0. The van der Waals surface area contributed by atoms with E-state index in [1.54, 1.807) is 6.20 Å². The Bertz CT molecular complexity index is 736. The third kappa shape index (κ3) is 1.55. The lowest BCUT2D eigenvalue weighted by molar-refractivity contribution is 0.970. The first-order valence-corrected chi connectivity index (χ1v) is 5.65. The molecule has 17 heavy (non-hydrogen) atoms. The van der Waals surface area contributed by atoms with E-state index in [0.717, 1.165) is 22.3 Å². The van der Waals surface area contributed by atoms with E-state index in [2.05, 4.69) is 15.2 Å². The Hall–Kier alpha value is -2.01. The fourth-order valence-corrected chi connectivity index (χ4v) is 2.24. The van der Waals surface area contributed by atoms with E-state index in [9.17, 15) is 0 Å². The zero-order chi connectivity index (χ0) is 11.8. The van der Waals surface area contributed by atoms with Gasteiger partial charge in [0.1, 0.15) is 5.82 Å². The molecule has 0 saturated heterocycles. The van der Waals surface area contributed by atoms with Crippen molar-refractivity contribution in [3.8, 4) is 5.69 Å². The summed E-state index contributed by atoms with van der Waals surface area (Å²) in [6, 6.07) is 8.04. The molecular weight excluding hydrogens is 232 g/mol. The summed E-state index contributed by atoms with van der Waals surface area (Å²) in [6.07, 6.45) is 3.63. The van der Waals surface area contributed by atoms with Crippen LogP contribution >= 0.6 is 12.2 Å². The number of pyridine rings is 1. The predicted molar refractivity (Wildman–Crippen MR) is 68.8 cm³/mol. The van der Waals surface area contributed by atoms with E-state index in [-0.39, 0.29) is 0 Å². The van der Waals surface area contributed by atoms with Gasteiger partial charge in [0.2, 0.25) is 0 Å². The van der Waals surface area contributed by atoms with Crippen LogP contribution < -0.4 is 0 Å². The number of hydrogen-bond acceptors (Lipinski definition) is 3. The quantitative estimate of drug-likeness (QED) is 0.667. The molecule has 0 radical (unpaired) electrons. The summed E-state index contributed by atoms with van der Waals surface area (Å²) in [6.45, 7) is 1.92. The van der Waals surface area contributed by atoms with Gasteiger partial charge in [-0.2, -0.15) is 5.10 Å². The van der Waals surface area contributed by atoms with E-state index in [1.165, 1.54) is 0 Å². The topological polar surface area (TPSA) is 46.5 Å².